The summed E-state index contributed by atoms with van der Waals surface area (Å²) in [5.74, 6) is 1.99. The van der Waals surface area contributed by atoms with E-state index in [-0.39, 0.29) is 22.5 Å². The molecule has 0 aromatic carbocycles. The van der Waals surface area contributed by atoms with Crippen LogP contribution in [0.4, 0.5) is 0 Å². The second-order valence-electron chi connectivity index (χ2n) is 9.92. The third-order valence-electron chi connectivity index (χ3n) is 9.00. The first-order chi connectivity index (χ1) is 11.6. The number of aliphatic hydroxyl groups is 1. The van der Waals surface area contributed by atoms with Crippen molar-refractivity contribution in [2.75, 3.05) is 0 Å². The molecule has 0 aliphatic heterocycles. The monoisotopic (exact) mass is 344 g/mol. The standard InChI is InChI=1S/C22H32O3/c1-13-12-20(3)15(11-19(13)24)5-6-16-17(20)7-9-21(4)18(16)8-10-22(21,25)14(2)23/h11,13,16-18,25H,5-10,12H2,1-4H3. The maximum absolute atomic E-state index is 12.3. The lowest BCUT2D eigenvalue weighted by atomic mass is 9.45. The van der Waals surface area contributed by atoms with Gasteiger partial charge in [0.25, 0.3) is 0 Å². The van der Waals surface area contributed by atoms with Gasteiger partial charge in [0.1, 0.15) is 5.60 Å². The summed E-state index contributed by atoms with van der Waals surface area (Å²) in [7, 11) is 0. The molecule has 4 aliphatic rings. The quantitative estimate of drug-likeness (QED) is 0.779. The summed E-state index contributed by atoms with van der Waals surface area (Å²) >= 11 is 0. The van der Waals surface area contributed by atoms with Crippen molar-refractivity contribution in [2.45, 2.75) is 78.2 Å². The van der Waals surface area contributed by atoms with Gasteiger partial charge in [-0.15, -0.1) is 0 Å². The van der Waals surface area contributed by atoms with Gasteiger partial charge in [-0.3, -0.25) is 9.59 Å². The summed E-state index contributed by atoms with van der Waals surface area (Å²) in [5.41, 5.74) is 0.109. The SMILES string of the molecule is CC(=O)C1(O)CCC2C3CCC4=CC(=O)C(C)CC4(C)C3CCC21C. The van der Waals surface area contributed by atoms with E-state index in [9.17, 15) is 14.7 Å². The smallest absolute Gasteiger partial charge is 0.161 e. The highest BCUT2D eigenvalue weighted by atomic mass is 16.3. The third kappa shape index (κ3) is 2.08. The molecule has 7 unspecified atom stereocenters. The van der Waals surface area contributed by atoms with E-state index >= 15 is 0 Å². The average molecular weight is 344 g/mol. The lowest BCUT2D eigenvalue weighted by Gasteiger charge is -2.59. The molecule has 138 valence electrons. The molecule has 3 saturated carbocycles. The Bertz CT molecular complexity index is 664. The minimum absolute atomic E-state index is 0.0459. The van der Waals surface area contributed by atoms with Gasteiger partial charge >= 0.3 is 0 Å². The molecule has 0 aromatic heterocycles. The van der Waals surface area contributed by atoms with Crippen molar-refractivity contribution in [2.24, 2.45) is 34.5 Å². The minimum Gasteiger partial charge on any atom is -0.382 e. The fourth-order valence-electron chi connectivity index (χ4n) is 7.49. The van der Waals surface area contributed by atoms with Gasteiger partial charge in [0.05, 0.1) is 0 Å². The number of carbonyl (C=O) groups excluding carboxylic acids is 2. The number of carbonyl (C=O) groups is 2. The molecule has 0 spiro atoms. The molecule has 0 saturated heterocycles. The van der Waals surface area contributed by atoms with Gasteiger partial charge in [0, 0.05) is 11.3 Å². The molecule has 3 heteroatoms. The van der Waals surface area contributed by atoms with E-state index in [1.165, 1.54) is 5.57 Å². The number of fused-ring (bicyclic) bond motifs is 5. The van der Waals surface area contributed by atoms with Crippen LogP contribution < -0.4 is 0 Å². The number of allylic oxidation sites excluding steroid dienone is 1. The maximum atomic E-state index is 12.3. The lowest BCUT2D eigenvalue weighted by Crippen LogP contribution is -2.57. The second kappa shape index (κ2) is 5.28. The van der Waals surface area contributed by atoms with E-state index in [1.54, 1.807) is 6.92 Å². The van der Waals surface area contributed by atoms with Crippen molar-refractivity contribution in [1.82, 2.24) is 0 Å². The molecule has 7 atom stereocenters. The molecule has 3 fully saturated rings. The number of hydrogen-bond acceptors (Lipinski definition) is 3. The first-order valence-corrected chi connectivity index (χ1v) is 10.1. The Morgan fingerprint density at radius 2 is 1.84 bits per heavy atom. The van der Waals surface area contributed by atoms with Gasteiger partial charge < -0.3 is 5.11 Å². The molecular weight excluding hydrogens is 312 g/mol. The first kappa shape index (κ1) is 17.5. The van der Waals surface area contributed by atoms with E-state index in [0.29, 0.717) is 30.0 Å². The number of ketones is 2. The van der Waals surface area contributed by atoms with Crippen molar-refractivity contribution < 1.29 is 14.7 Å². The molecule has 0 amide bonds. The molecular formula is C22H32O3. The molecule has 1 N–H and O–H groups in total. The van der Waals surface area contributed by atoms with Crippen molar-refractivity contribution in [3.63, 3.8) is 0 Å². The summed E-state index contributed by atoms with van der Waals surface area (Å²) < 4.78 is 0. The third-order valence-corrected chi connectivity index (χ3v) is 9.00. The normalized spacial score (nSPS) is 52.0. The zero-order valence-electron chi connectivity index (χ0n) is 16.1. The summed E-state index contributed by atoms with van der Waals surface area (Å²) in [6.07, 6.45) is 8.65. The van der Waals surface area contributed by atoms with Crippen LogP contribution in [0.25, 0.3) is 0 Å². The van der Waals surface area contributed by atoms with Gasteiger partial charge in [0.2, 0.25) is 0 Å². The predicted molar refractivity (Wildman–Crippen MR) is 96.9 cm³/mol. The van der Waals surface area contributed by atoms with Gasteiger partial charge in [-0.25, -0.2) is 0 Å². The Morgan fingerprint density at radius 1 is 1.16 bits per heavy atom. The van der Waals surface area contributed by atoms with E-state index < -0.39 is 5.60 Å². The summed E-state index contributed by atoms with van der Waals surface area (Å²) in [5, 5.41) is 11.2. The van der Waals surface area contributed by atoms with E-state index in [1.807, 2.05) is 6.08 Å². The fourth-order valence-corrected chi connectivity index (χ4v) is 7.49. The van der Waals surface area contributed by atoms with Crippen LogP contribution >= 0.6 is 0 Å². The van der Waals surface area contributed by atoms with Crippen molar-refractivity contribution in [3.8, 4) is 0 Å². The van der Waals surface area contributed by atoms with Crippen molar-refractivity contribution in [1.29, 1.82) is 0 Å². The van der Waals surface area contributed by atoms with Crippen LogP contribution in [0, 0.1) is 34.5 Å². The zero-order chi connectivity index (χ0) is 18.2. The Hall–Kier alpha value is -0.960. The topological polar surface area (TPSA) is 54.4 Å². The zero-order valence-corrected chi connectivity index (χ0v) is 16.1. The predicted octanol–water partition coefficient (Wildman–Crippen LogP) is 4.08. The van der Waals surface area contributed by atoms with Crippen LogP contribution in [0.1, 0.15) is 72.6 Å². The Kier molecular flexibility index (Phi) is 3.69. The molecule has 0 aromatic rings. The summed E-state index contributed by atoms with van der Waals surface area (Å²) in [6, 6.07) is 0. The van der Waals surface area contributed by atoms with Gasteiger partial charge in [0.15, 0.2) is 11.6 Å². The first-order valence-electron chi connectivity index (χ1n) is 10.1. The molecule has 0 radical (unpaired) electrons. The minimum atomic E-state index is -1.13. The van der Waals surface area contributed by atoms with Crippen LogP contribution in [0.3, 0.4) is 0 Å². The average Bonchev–Trinajstić information content (AvgIpc) is 2.82. The van der Waals surface area contributed by atoms with E-state index in [2.05, 4.69) is 20.8 Å². The second-order valence-corrected chi connectivity index (χ2v) is 9.92. The molecule has 25 heavy (non-hydrogen) atoms. The Balaban J connectivity index is 1.70. The van der Waals surface area contributed by atoms with Gasteiger partial charge in [-0.2, -0.15) is 0 Å². The highest BCUT2D eigenvalue weighted by Crippen LogP contribution is 2.67. The molecule has 0 heterocycles. The molecule has 4 aliphatic carbocycles. The lowest BCUT2D eigenvalue weighted by molar-refractivity contribution is -0.160. The van der Waals surface area contributed by atoms with Crippen LogP contribution in [0.5, 0.6) is 0 Å². The maximum Gasteiger partial charge on any atom is 0.161 e. The van der Waals surface area contributed by atoms with Gasteiger partial charge in [-0.1, -0.05) is 26.3 Å². The highest BCUT2D eigenvalue weighted by Gasteiger charge is 2.65. The number of Topliss-reactive ketones (excluding diaryl/α,β-unsaturated/α-hetero) is 1. The van der Waals surface area contributed by atoms with Crippen molar-refractivity contribution >= 4 is 11.6 Å². The number of hydrogen-bond donors (Lipinski definition) is 1. The van der Waals surface area contributed by atoms with E-state index in [4.69, 9.17) is 0 Å². The molecule has 4 rings (SSSR count). The van der Waals surface area contributed by atoms with E-state index in [0.717, 1.165) is 38.5 Å². The fraction of sp³-hybridized carbons (Fsp3) is 0.818. The Morgan fingerprint density at radius 3 is 2.52 bits per heavy atom. The van der Waals surface area contributed by atoms with Crippen LogP contribution in [-0.4, -0.2) is 22.3 Å². The van der Waals surface area contributed by atoms with Crippen LogP contribution in [0.2, 0.25) is 0 Å². The molecule has 3 nitrogen and oxygen atoms in total. The van der Waals surface area contributed by atoms with Crippen LogP contribution in [-0.2, 0) is 9.59 Å². The van der Waals surface area contributed by atoms with Crippen LogP contribution in [0.15, 0.2) is 11.6 Å². The summed E-state index contributed by atoms with van der Waals surface area (Å²) in [4.78, 5) is 24.5. The Labute approximate surface area is 151 Å². The van der Waals surface area contributed by atoms with Gasteiger partial charge in [-0.05, 0) is 81.1 Å². The van der Waals surface area contributed by atoms with Crippen molar-refractivity contribution in [3.05, 3.63) is 11.6 Å². The highest BCUT2D eigenvalue weighted by molar-refractivity contribution is 5.93. The summed E-state index contributed by atoms with van der Waals surface area (Å²) in [6.45, 7) is 8.19. The largest absolute Gasteiger partial charge is 0.382 e. The molecule has 0 bridgehead atoms. The number of rotatable bonds is 1.